The Morgan fingerprint density at radius 3 is 0.381 bits per heavy atom. The molecule has 0 unspecified atom stereocenters. The Morgan fingerprint density at radius 1 is 0.127 bits per heavy atom. The second-order valence-electron chi connectivity index (χ2n) is 16.0. The highest BCUT2D eigenvalue weighted by Gasteiger charge is 1.99. The van der Waals surface area contributed by atoms with Gasteiger partial charge in [0.15, 0.2) is 0 Å². The Bertz CT molecular complexity index is 710. The number of ether oxygens (including phenoxy) is 13. The summed E-state index contributed by atoms with van der Waals surface area (Å²) in [4.78, 5) is 0. The van der Waals surface area contributed by atoms with Crippen molar-refractivity contribution in [2.45, 2.75) is 155 Å². The number of unbranched alkanes of at least 4 members (excludes halogenated alkanes) is 20. The van der Waals surface area contributed by atoms with Crippen LogP contribution in [0.1, 0.15) is 155 Å². The van der Waals surface area contributed by atoms with Crippen LogP contribution in [0.5, 0.6) is 0 Å². The normalized spacial score (nSPS) is 11.7. The summed E-state index contributed by atoms with van der Waals surface area (Å²) in [5.41, 5.74) is 0. The molecule has 0 aliphatic carbocycles. The first-order chi connectivity index (χ1) is 31.4. The molecule has 63 heavy (non-hydrogen) atoms. The highest BCUT2D eigenvalue weighted by Crippen LogP contribution is 2.12. The van der Waals surface area contributed by atoms with Crippen molar-refractivity contribution in [3.05, 3.63) is 0 Å². The van der Waals surface area contributed by atoms with Gasteiger partial charge in [0.25, 0.3) is 0 Å². The first-order valence-corrected chi connectivity index (χ1v) is 25.9. The smallest absolute Gasteiger partial charge is 0.0701 e. The first-order valence-electron chi connectivity index (χ1n) is 25.9. The lowest BCUT2D eigenvalue weighted by Gasteiger charge is -2.09. The molecular weight excluding hydrogens is 809 g/mol. The van der Waals surface area contributed by atoms with Crippen LogP contribution in [0, 0.1) is 0 Å². The quantitative estimate of drug-likeness (QED) is 0.0539. The molecule has 0 heterocycles. The van der Waals surface area contributed by atoms with E-state index in [1.54, 1.807) is 0 Å². The highest BCUT2D eigenvalue weighted by molar-refractivity contribution is 4.50. The van der Waals surface area contributed by atoms with E-state index in [4.69, 9.17) is 61.6 Å². The summed E-state index contributed by atoms with van der Waals surface area (Å²) in [6.45, 7) is 19.4. The van der Waals surface area contributed by atoms with Crippen molar-refractivity contribution < 1.29 is 61.6 Å². The van der Waals surface area contributed by atoms with E-state index >= 15 is 0 Å². The minimum Gasteiger partial charge on any atom is -0.379 e. The van der Waals surface area contributed by atoms with Gasteiger partial charge in [-0.25, -0.2) is 0 Å². The van der Waals surface area contributed by atoms with Crippen molar-refractivity contribution in [2.24, 2.45) is 0 Å². The molecule has 13 nitrogen and oxygen atoms in total. The van der Waals surface area contributed by atoms with Crippen molar-refractivity contribution in [1.82, 2.24) is 0 Å². The topological polar surface area (TPSA) is 120 Å². The van der Waals surface area contributed by atoms with Crippen LogP contribution < -0.4 is 0 Å². The highest BCUT2D eigenvalue weighted by atomic mass is 16.6. The lowest BCUT2D eigenvalue weighted by atomic mass is 10.1. The van der Waals surface area contributed by atoms with Gasteiger partial charge < -0.3 is 61.6 Å². The van der Waals surface area contributed by atoms with Crippen LogP contribution in [0.3, 0.4) is 0 Å². The van der Waals surface area contributed by atoms with Gasteiger partial charge in [0.05, 0.1) is 159 Å². The van der Waals surface area contributed by atoms with E-state index in [0.717, 1.165) is 26.1 Å². The molecule has 0 N–H and O–H groups in total. The first kappa shape index (κ1) is 62.5. The molecular formula is C50H102O13. The van der Waals surface area contributed by atoms with Crippen molar-refractivity contribution >= 4 is 0 Å². The minimum absolute atomic E-state index is 0.518. The fourth-order valence-electron chi connectivity index (χ4n) is 6.48. The molecule has 0 saturated carbocycles. The van der Waals surface area contributed by atoms with Crippen LogP contribution in [-0.4, -0.2) is 172 Å². The molecule has 0 atom stereocenters. The van der Waals surface area contributed by atoms with E-state index in [0.29, 0.717) is 159 Å². The monoisotopic (exact) mass is 911 g/mol. The van der Waals surface area contributed by atoms with Gasteiger partial charge in [-0.15, -0.1) is 0 Å². The lowest BCUT2D eigenvalue weighted by molar-refractivity contribution is -0.0290. The van der Waals surface area contributed by atoms with Gasteiger partial charge in [0.2, 0.25) is 0 Å². The molecule has 0 aliphatic rings. The Morgan fingerprint density at radius 2 is 0.238 bits per heavy atom. The second kappa shape index (κ2) is 61.5. The summed E-state index contributed by atoms with van der Waals surface area (Å²) in [7, 11) is 0. The summed E-state index contributed by atoms with van der Waals surface area (Å²) < 4.78 is 72.3. The Labute approximate surface area is 387 Å². The maximum absolute atomic E-state index is 5.67. The standard InChI is InChI=1S/C50H102O13/c1-3-5-7-9-11-13-15-17-19-21-23-25-51-27-29-53-31-33-55-35-37-57-39-41-59-43-45-61-47-49-63-50-48-62-46-44-60-42-40-58-38-36-56-34-32-54-30-28-52-26-24-22-20-18-16-14-12-10-8-6-4-2/h3-50H2,1-2H3. The third kappa shape index (κ3) is 61.5. The van der Waals surface area contributed by atoms with Gasteiger partial charge in [0, 0.05) is 13.2 Å². The zero-order chi connectivity index (χ0) is 45.1. The largest absolute Gasteiger partial charge is 0.379 e. The molecule has 0 rings (SSSR count). The van der Waals surface area contributed by atoms with Gasteiger partial charge in [-0.3, -0.25) is 0 Å². The molecule has 0 aliphatic heterocycles. The average Bonchev–Trinajstić information content (AvgIpc) is 3.29. The Hall–Kier alpha value is -0.520. The Balaban J connectivity index is 3.06. The van der Waals surface area contributed by atoms with Gasteiger partial charge >= 0.3 is 0 Å². The summed E-state index contributed by atoms with van der Waals surface area (Å²) in [6, 6.07) is 0. The molecule has 13 heteroatoms. The predicted molar refractivity (Wildman–Crippen MR) is 254 cm³/mol. The zero-order valence-corrected chi connectivity index (χ0v) is 41.2. The minimum atomic E-state index is 0.518. The van der Waals surface area contributed by atoms with Gasteiger partial charge in [-0.2, -0.15) is 0 Å². The Kier molecular flexibility index (Phi) is 61.0. The molecule has 0 aromatic carbocycles. The summed E-state index contributed by atoms with van der Waals surface area (Å²) in [5.74, 6) is 0. The van der Waals surface area contributed by atoms with Gasteiger partial charge in [-0.05, 0) is 12.8 Å². The SMILES string of the molecule is CCCCCCCCCCCCCOCCOCCOCCOCCOCCOCCOCCOCCOCCOCCOCCOCCOCCCCCCCCCCCCC. The van der Waals surface area contributed by atoms with Crippen molar-refractivity contribution in [3.63, 3.8) is 0 Å². The average molecular weight is 911 g/mol. The van der Waals surface area contributed by atoms with Crippen molar-refractivity contribution in [1.29, 1.82) is 0 Å². The van der Waals surface area contributed by atoms with Crippen LogP contribution in [0.15, 0.2) is 0 Å². The van der Waals surface area contributed by atoms with E-state index in [2.05, 4.69) is 13.8 Å². The molecule has 0 spiro atoms. The van der Waals surface area contributed by atoms with Crippen LogP contribution in [-0.2, 0) is 61.6 Å². The van der Waals surface area contributed by atoms with Crippen LogP contribution in [0.2, 0.25) is 0 Å². The summed E-state index contributed by atoms with van der Waals surface area (Å²) in [6.07, 6.45) is 29.7. The molecule has 0 aromatic rings. The second-order valence-corrected chi connectivity index (χ2v) is 16.0. The number of rotatable bonds is 60. The molecule has 0 amide bonds. The van der Waals surface area contributed by atoms with E-state index < -0.39 is 0 Å². The van der Waals surface area contributed by atoms with Crippen LogP contribution in [0.4, 0.5) is 0 Å². The maximum atomic E-state index is 5.67. The van der Waals surface area contributed by atoms with Crippen LogP contribution in [0.25, 0.3) is 0 Å². The fraction of sp³-hybridized carbons (Fsp3) is 1.00. The summed E-state index contributed by atoms with van der Waals surface area (Å²) >= 11 is 0. The number of hydrogen-bond acceptors (Lipinski definition) is 13. The third-order valence-corrected chi connectivity index (χ3v) is 10.2. The summed E-state index contributed by atoms with van der Waals surface area (Å²) in [5, 5.41) is 0. The predicted octanol–water partition coefficient (Wildman–Crippen LogP) is 9.82. The third-order valence-electron chi connectivity index (χ3n) is 10.2. The molecule has 0 aromatic heterocycles. The number of hydrogen-bond donors (Lipinski definition) is 0. The molecule has 380 valence electrons. The van der Waals surface area contributed by atoms with Crippen molar-refractivity contribution in [3.8, 4) is 0 Å². The van der Waals surface area contributed by atoms with E-state index in [1.165, 1.54) is 128 Å². The van der Waals surface area contributed by atoms with E-state index in [1.807, 2.05) is 0 Å². The van der Waals surface area contributed by atoms with E-state index in [-0.39, 0.29) is 0 Å². The molecule has 0 fully saturated rings. The fourth-order valence-corrected chi connectivity index (χ4v) is 6.48. The van der Waals surface area contributed by atoms with Gasteiger partial charge in [-0.1, -0.05) is 142 Å². The van der Waals surface area contributed by atoms with Crippen molar-refractivity contribution in [2.75, 3.05) is 172 Å². The molecule has 0 radical (unpaired) electrons. The maximum Gasteiger partial charge on any atom is 0.0701 e. The van der Waals surface area contributed by atoms with Crippen LogP contribution >= 0.6 is 0 Å². The van der Waals surface area contributed by atoms with E-state index in [9.17, 15) is 0 Å². The molecule has 0 saturated heterocycles. The molecule has 0 bridgehead atoms. The lowest BCUT2D eigenvalue weighted by Crippen LogP contribution is -2.15. The zero-order valence-electron chi connectivity index (χ0n) is 41.2. The van der Waals surface area contributed by atoms with Gasteiger partial charge in [0.1, 0.15) is 0 Å².